The van der Waals surface area contributed by atoms with E-state index in [1.807, 2.05) is 0 Å². The molecule has 0 aliphatic carbocycles. The first-order valence-electron chi connectivity index (χ1n) is 3.75. The molecule has 2 N–H and O–H groups in total. The highest BCUT2D eigenvalue weighted by Gasteiger charge is 2.05. The Balaban J connectivity index is 2.85. The molecule has 4 nitrogen and oxygen atoms in total. The van der Waals surface area contributed by atoms with Crippen molar-refractivity contribution in [3.8, 4) is 5.75 Å². The van der Waals surface area contributed by atoms with Crippen molar-refractivity contribution >= 4 is 5.97 Å². The van der Waals surface area contributed by atoms with Crippen molar-refractivity contribution < 1.29 is 14.6 Å². The molecule has 0 aliphatic heterocycles. The first-order chi connectivity index (χ1) is 6.15. The van der Waals surface area contributed by atoms with Crippen LogP contribution in [0.5, 0.6) is 5.75 Å². The van der Waals surface area contributed by atoms with E-state index in [1.165, 1.54) is 7.11 Å². The number of rotatable bonds is 3. The van der Waals surface area contributed by atoms with Crippen LogP contribution in [-0.4, -0.2) is 13.1 Å². The molecule has 0 bridgehead atoms. The van der Waals surface area contributed by atoms with Gasteiger partial charge in [0.25, 0.3) is 0 Å². The lowest BCUT2D eigenvalue weighted by Crippen LogP contribution is -2.34. The fourth-order valence-corrected chi connectivity index (χ4v) is 0.947. The summed E-state index contributed by atoms with van der Waals surface area (Å²) in [5, 5.41) is 10.4. The first-order valence-corrected chi connectivity index (χ1v) is 3.75. The van der Waals surface area contributed by atoms with Crippen molar-refractivity contribution in [3.63, 3.8) is 0 Å². The van der Waals surface area contributed by atoms with Crippen molar-refractivity contribution in [2.75, 3.05) is 7.11 Å². The maximum absolute atomic E-state index is 10.4. The fourth-order valence-electron chi connectivity index (χ4n) is 0.947. The molecule has 1 rings (SSSR count). The maximum atomic E-state index is 10.4. The van der Waals surface area contributed by atoms with Gasteiger partial charge in [-0.05, 0) is 17.7 Å². The summed E-state index contributed by atoms with van der Waals surface area (Å²) >= 11 is 0. The van der Waals surface area contributed by atoms with Crippen LogP contribution in [0, 0.1) is 0 Å². The second-order valence-corrected chi connectivity index (χ2v) is 2.57. The van der Waals surface area contributed by atoms with Crippen LogP contribution in [0.25, 0.3) is 0 Å². The lowest BCUT2D eigenvalue weighted by atomic mass is 10.1. The molecule has 13 heavy (non-hydrogen) atoms. The minimum atomic E-state index is -1.29. The van der Waals surface area contributed by atoms with Crippen molar-refractivity contribution in [2.24, 2.45) is 5.73 Å². The second-order valence-electron chi connectivity index (χ2n) is 2.57. The van der Waals surface area contributed by atoms with Crippen LogP contribution in [0.15, 0.2) is 24.3 Å². The van der Waals surface area contributed by atoms with Gasteiger partial charge in [-0.1, -0.05) is 12.1 Å². The fraction of sp³-hybridized carbons (Fsp3) is 0.222. The van der Waals surface area contributed by atoms with Crippen LogP contribution in [0.1, 0.15) is 11.6 Å². The molecule has 4 heteroatoms. The van der Waals surface area contributed by atoms with Crippen molar-refractivity contribution in [1.29, 1.82) is 0 Å². The molecule has 0 saturated carbocycles. The number of hydrogen-bond donors (Lipinski definition) is 1. The number of nitrogens with two attached hydrogens (primary N) is 1. The molecule has 1 aromatic rings. The Morgan fingerprint density at radius 3 is 2.38 bits per heavy atom. The van der Waals surface area contributed by atoms with E-state index < -0.39 is 12.0 Å². The Bertz CT molecular complexity index is 294. The van der Waals surface area contributed by atoms with Gasteiger partial charge in [-0.15, -0.1) is 0 Å². The standard InChI is InChI=1S/C9H11NO3/c1-13-7-4-2-6(3-5-7)8(10)9(11)12/h2-5,8H,10H2,1H3,(H,11,12)/p-1. The van der Waals surface area contributed by atoms with E-state index in [-0.39, 0.29) is 0 Å². The minimum absolute atomic E-state index is 0.501. The van der Waals surface area contributed by atoms with Crippen molar-refractivity contribution in [2.45, 2.75) is 6.04 Å². The topological polar surface area (TPSA) is 75.4 Å². The normalized spacial score (nSPS) is 12.2. The monoisotopic (exact) mass is 180 g/mol. The summed E-state index contributed by atoms with van der Waals surface area (Å²) in [5.41, 5.74) is 5.83. The van der Waals surface area contributed by atoms with Gasteiger partial charge in [0, 0.05) is 0 Å². The summed E-state index contributed by atoms with van der Waals surface area (Å²) in [6.45, 7) is 0. The number of hydrogen-bond acceptors (Lipinski definition) is 4. The Hall–Kier alpha value is -1.55. The summed E-state index contributed by atoms with van der Waals surface area (Å²) in [5.74, 6) is -0.625. The summed E-state index contributed by atoms with van der Waals surface area (Å²) in [4.78, 5) is 10.4. The van der Waals surface area contributed by atoms with E-state index in [1.54, 1.807) is 24.3 Å². The Kier molecular flexibility index (Phi) is 2.87. The van der Waals surface area contributed by atoms with E-state index in [0.29, 0.717) is 11.3 Å². The lowest BCUT2D eigenvalue weighted by molar-refractivity contribution is -0.307. The van der Waals surface area contributed by atoms with Crippen LogP contribution in [0.4, 0.5) is 0 Å². The molecule has 0 aliphatic rings. The average molecular weight is 180 g/mol. The molecule has 0 spiro atoms. The van der Waals surface area contributed by atoms with E-state index in [0.717, 1.165) is 0 Å². The third-order valence-corrected chi connectivity index (χ3v) is 1.73. The molecule has 1 aromatic carbocycles. The number of carboxylic acid groups (broad SMARTS) is 1. The van der Waals surface area contributed by atoms with Gasteiger partial charge in [0.1, 0.15) is 5.75 Å². The highest BCUT2D eigenvalue weighted by atomic mass is 16.5. The Morgan fingerprint density at radius 1 is 1.46 bits per heavy atom. The van der Waals surface area contributed by atoms with Gasteiger partial charge in [0.2, 0.25) is 0 Å². The predicted molar refractivity (Wildman–Crippen MR) is 44.9 cm³/mol. The molecular weight excluding hydrogens is 170 g/mol. The van der Waals surface area contributed by atoms with Crippen molar-refractivity contribution in [1.82, 2.24) is 0 Å². The van der Waals surface area contributed by atoms with Gasteiger partial charge < -0.3 is 20.4 Å². The predicted octanol–water partition coefficient (Wildman–Crippen LogP) is -0.555. The van der Waals surface area contributed by atoms with Crippen LogP contribution in [-0.2, 0) is 4.79 Å². The smallest absolute Gasteiger partial charge is 0.118 e. The summed E-state index contributed by atoms with van der Waals surface area (Å²) in [6.07, 6.45) is 0. The zero-order chi connectivity index (χ0) is 9.84. The number of benzene rings is 1. The van der Waals surface area contributed by atoms with E-state index in [4.69, 9.17) is 10.5 Å². The minimum Gasteiger partial charge on any atom is -0.548 e. The second kappa shape index (κ2) is 3.91. The highest BCUT2D eigenvalue weighted by Crippen LogP contribution is 2.15. The van der Waals surface area contributed by atoms with E-state index in [9.17, 15) is 9.90 Å². The first kappa shape index (κ1) is 9.54. The number of carbonyl (C=O) groups is 1. The molecule has 0 fully saturated rings. The Labute approximate surface area is 75.9 Å². The van der Waals surface area contributed by atoms with Crippen LogP contribution < -0.4 is 15.6 Å². The summed E-state index contributed by atoms with van der Waals surface area (Å²) < 4.78 is 4.91. The highest BCUT2D eigenvalue weighted by molar-refractivity contribution is 5.73. The molecule has 0 saturated heterocycles. The SMILES string of the molecule is COc1ccc(C(N)C(=O)[O-])cc1. The van der Waals surface area contributed by atoms with Gasteiger partial charge in [-0.2, -0.15) is 0 Å². The zero-order valence-corrected chi connectivity index (χ0v) is 7.19. The molecule has 0 heterocycles. The van der Waals surface area contributed by atoms with Gasteiger partial charge >= 0.3 is 0 Å². The van der Waals surface area contributed by atoms with E-state index >= 15 is 0 Å². The quantitative estimate of drug-likeness (QED) is 0.676. The van der Waals surface area contributed by atoms with Crippen molar-refractivity contribution in [3.05, 3.63) is 29.8 Å². The van der Waals surface area contributed by atoms with Gasteiger partial charge in [-0.3, -0.25) is 0 Å². The molecule has 0 radical (unpaired) electrons. The van der Waals surface area contributed by atoms with Gasteiger partial charge in [-0.25, -0.2) is 0 Å². The molecular formula is C9H10NO3-. The molecule has 1 unspecified atom stereocenters. The number of carboxylic acids is 1. The van der Waals surface area contributed by atoms with E-state index in [2.05, 4.69) is 0 Å². The maximum Gasteiger partial charge on any atom is 0.118 e. The van der Waals surface area contributed by atoms with Crippen LogP contribution in [0.3, 0.4) is 0 Å². The van der Waals surface area contributed by atoms with Gasteiger partial charge in [0.15, 0.2) is 0 Å². The molecule has 0 aromatic heterocycles. The largest absolute Gasteiger partial charge is 0.548 e. The third kappa shape index (κ3) is 2.19. The van der Waals surface area contributed by atoms with Gasteiger partial charge in [0.05, 0.1) is 19.1 Å². The average Bonchev–Trinajstić information content (AvgIpc) is 2.17. The summed E-state index contributed by atoms with van der Waals surface area (Å²) in [6, 6.07) is 5.42. The number of aliphatic carboxylic acids is 1. The zero-order valence-electron chi connectivity index (χ0n) is 7.19. The molecule has 70 valence electrons. The number of ether oxygens (including phenoxy) is 1. The molecule has 0 amide bonds. The number of carbonyl (C=O) groups excluding carboxylic acids is 1. The lowest BCUT2D eigenvalue weighted by Gasteiger charge is -2.12. The van der Waals surface area contributed by atoms with Crippen LogP contribution >= 0.6 is 0 Å². The number of methoxy groups -OCH3 is 1. The third-order valence-electron chi connectivity index (χ3n) is 1.73. The van der Waals surface area contributed by atoms with Crippen LogP contribution in [0.2, 0.25) is 0 Å². The Morgan fingerprint density at radius 2 is 2.00 bits per heavy atom. The molecule has 1 atom stereocenters. The summed E-state index contributed by atoms with van der Waals surface area (Å²) in [7, 11) is 1.54.